The number of rotatable bonds is 14. The predicted octanol–water partition coefficient (Wildman–Crippen LogP) is -0.524. The molecule has 0 saturated carbocycles. The summed E-state index contributed by atoms with van der Waals surface area (Å²) in [6.07, 6.45) is -4.47. The molecule has 12 N–H and O–H groups in total. The third-order valence-electron chi connectivity index (χ3n) is 10.5. The molecule has 1 aliphatic heterocycles. The number of unbranched alkanes of at least 4 members (excludes halogenated alkanes) is 1. The van der Waals surface area contributed by atoms with Crippen molar-refractivity contribution in [1.82, 2.24) is 10.6 Å². The van der Waals surface area contributed by atoms with Gasteiger partial charge in [-0.05, 0) is 58.7 Å². The van der Waals surface area contributed by atoms with Crippen LogP contribution in [-0.4, -0.2) is 112 Å². The van der Waals surface area contributed by atoms with Crippen LogP contribution in [0.3, 0.4) is 0 Å². The molecule has 1 saturated heterocycles. The van der Waals surface area contributed by atoms with Crippen molar-refractivity contribution in [2.24, 2.45) is 17.2 Å². The molecular weight excluding hydrogens is 706 g/mol. The summed E-state index contributed by atoms with van der Waals surface area (Å²) in [5.41, 5.74) is 13.5. The van der Waals surface area contributed by atoms with Crippen LogP contribution in [0.5, 0.6) is 17.2 Å². The molecule has 2 aromatic rings. The van der Waals surface area contributed by atoms with Crippen molar-refractivity contribution in [2.75, 3.05) is 20.2 Å². The van der Waals surface area contributed by atoms with E-state index in [1.807, 2.05) is 0 Å². The molecule has 1 fully saturated rings. The fourth-order valence-corrected chi connectivity index (χ4v) is 7.40. The van der Waals surface area contributed by atoms with Gasteiger partial charge in [-0.15, -0.1) is 0 Å². The van der Waals surface area contributed by atoms with Gasteiger partial charge < -0.3 is 62.5 Å². The van der Waals surface area contributed by atoms with Gasteiger partial charge in [0.2, 0.25) is 17.6 Å². The summed E-state index contributed by atoms with van der Waals surface area (Å²) < 4.78 is 17.6. The van der Waals surface area contributed by atoms with E-state index in [2.05, 4.69) is 10.6 Å². The first-order valence-corrected chi connectivity index (χ1v) is 17.9. The van der Waals surface area contributed by atoms with Crippen LogP contribution in [0, 0.1) is 0 Å². The molecule has 8 atom stereocenters. The zero-order valence-corrected chi connectivity index (χ0v) is 30.4. The third-order valence-corrected chi connectivity index (χ3v) is 10.5. The molecule has 2 amide bonds. The molecule has 0 bridgehead atoms. The lowest BCUT2D eigenvalue weighted by atomic mass is 9.72. The lowest BCUT2D eigenvalue weighted by molar-refractivity contribution is -0.249. The highest BCUT2D eigenvalue weighted by Crippen LogP contribution is 2.52. The molecule has 0 aromatic heterocycles. The largest absolute Gasteiger partial charge is 0.507 e. The fourth-order valence-electron chi connectivity index (χ4n) is 7.40. The molecule has 5 rings (SSSR count). The topological polar surface area (TPSA) is 296 Å². The Kier molecular flexibility index (Phi) is 12.4. The first-order valence-electron chi connectivity index (χ1n) is 17.9. The normalized spacial score (nSPS) is 25.8. The summed E-state index contributed by atoms with van der Waals surface area (Å²) in [6, 6.07) is 1.39. The summed E-state index contributed by atoms with van der Waals surface area (Å²) in [5.74, 6) is -4.78. The number of nitrogens with two attached hydrogens (primary N) is 3. The number of aliphatic hydroxyl groups excluding tert-OH is 1. The van der Waals surface area contributed by atoms with Gasteiger partial charge in [0.25, 0.3) is 0 Å². The number of benzene rings is 2. The average molecular weight is 756 g/mol. The van der Waals surface area contributed by atoms with Gasteiger partial charge in [-0.1, -0.05) is 12.1 Å². The van der Waals surface area contributed by atoms with Crippen molar-refractivity contribution in [2.45, 2.75) is 107 Å². The van der Waals surface area contributed by atoms with Crippen LogP contribution in [0.4, 0.5) is 0 Å². The minimum atomic E-state index is -2.13. The standard InChI is InChI=1S/C37H49N5O12/c1-16-30(44)22(42-36(50)21(8-4-5-11-38)41-35(49)20(40)10-12-39)13-25(53-16)54-24-15-37(51,17(2)43)14-19-27(24)34(48)29-28(32(19)46)31(45)18-7-6-9-23(52-3)26(18)33(29)47/h6-7,9,16,20-22,24-25,30,44,46,48,51H,4-5,8,10-15,38-40H2,1-3H3,(H,41,49)(H,42,50)/t16-,20-,21-,22-,24-,25+,30-,37+/m1/s1. The summed E-state index contributed by atoms with van der Waals surface area (Å²) in [6.45, 7) is 3.20. The van der Waals surface area contributed by atoms with Crippen LogP contribution in [0.2, 0.25) is 0 Å². The van der Waals surface area contributed by atoms with Crippen molar-refractivity contribution in [1.29, 1.82) is 0 Å². The number of methoxy groups -OCH3 is 1. The molecule has 2 aliphatic carbocycles. The molecule has 0 radical (unpaired) electrons. The first-order chi connectivity index (χ1) is 25.6. The Labute approximate surface area is 311 Å². The summed E-state index contributed by atoms with van der Waals surface area (Å²) in [4.78, 5) is 66.8. The molecule has 1 heterocycles. The van der Waals surface area contributed by atoms with Gasteiger partial charge in [0.1, 0.15) is 35.0 Å². The highest BCUT2D eigenvalue weighted by molar-refractivity contribution is 6.31. The van der Waals surface area contributed by atoms with Crippen LogP contribution >= 0.6 is 0 Å². The van der Waals surface area contributed by atoms with Crippen LogP contribution in [0.15, 0.2) is 18.2 Å². The molecule has 2 aromatic carbocycles. The Hall–Kier alpha value is -4.49. The smallest absolute Gasteiger partial charge is 0.242 e. The number of amides is 2. The number of fused-ring (bicyclic) bond motifs is 3. The van der Waals surface area contributed by atoms with Crippen molar-refractivity contribution >= 4 is 29.2 Å². The Morgan fingerprint density at radius 2 is 1.72 bits per heavy atom. The Morgan fingerprint density at radius 3 is 2.37 bits per heavy atom. The maximum atomic E-state index is 13.9. The summed E-state index contributed by atoms with van der Waals surface area (Å²) >= 11 is 0. The molecule has 54 heavy (non-hydrogen) atoms. The van der Waals surface area contributed by atoms with E-state index in [0.29, 0.717) is 19.4 Å². The van der Waals surface area contributed by atoms with E-state index in [4.69, 9.17) is 31.4 Å². The molecule has 17 nitrogen and oxygen atoms in total. The Bertz CT molecular complexity index is 1820. The van der Waals surface area contributed by atoms with Crippen LogP contribution in [0.25, 0.3) is 0 Å². The number of aromatic hydroxyl groups is 2. The SMILES string of the molecule is COc1cccc2c1C(=O)c1c(O)c3c(c(O)c1C2=O)C[C@@](O)(C(C)=O)C[C@H]3O[C@H]1C[C@@H](NC(=O)[C@@H](CCCCN)NC(=O)[C@H](N)CCN)[C@H](O)[C@@H](C)O1. The number of phenols is 2. The van der Waals surface area contributed by atoms with Gasteiger partial charge in [-0.3, -0.25) is 24.0 Å². The number of carbonyl (C=O) groups is 5. The zero-order chi connectivity index (χ0) is 39.6. The van der Waals surface area contributed by atoms with Crippen LogP contribution < -0.4 is 32.6 Å². The van der Waals surface area contributed by atoms with Crippen LogP contribution in [-0.2, 0) is 30.3 Å². The minimum absolute atomic E-state index is 0.0669. The van der Waals surface area contributed by atoms with Gasteiger partial charge in [-0.2, -0.15) is 0 Å². The Morgan fingerprint density at radius 1 is 1.02 bits per heavy atom. The average Bonchev–Trinajstić information content (AvgIpc) is 3.13. The minimum Gasteiger partial charge on any atom is -0.507 e. The maximum absolute atomic E-state index is 13.9. The van der Waals surface area contributed by atoms with E-state index >= 15 is 0 Å². The number of phenolic OH excluding ortho intramolecular Hbond substituents is 2. The van der Waals surface area contributed by atoms with E-state index in [9.17, 15) is 44.4 Å². The van der Waals surface area contributed by atoms with Gasteiger partial charge >= 0.3 is 0 Å². The first kappa shape index (κ1) is 40.7. The van der Waals surface area contributed by atoms with E-state index < -0.39 is 113 Å². The molecule has 0 spiro atoms. The molecule has 294 valence electrons. The lowest BCUT2D eigenvalue weighted by Crippen LogP contribution is -2.59. The fraction of sp³-hybridized carbons (Fsp3) is 0.541. The number of hydrogen-bond donors (Lipinski definition) is 9. The van der Waals surface area contributed by atoms with Crippen LogP contribution in [0.1, 0.15) is 101 Å². The number of ketones is 3. The van der Waals surface area contributed by atoms with E-state index in [-0.39, 0.29) is 53.8 Å². The summed E-state index contributed by atoms with van der Waals surface area (Å²) in [5, 5.41) is 51.4. The number of Topliss-reactive ketones (excluding diaryl/α,β-unsaturated/α-hetero) is 1. The molecule has 3 aliphatic rings. The van der Waals surface area contributed by atoms with Gasteiger partial charge in [-0.25, -0.2) is 0 Å². The lowest BCUT2D eigenvalue weighted by Gasteiger charge is -2.43. The highest BCUT2D eigenvalue weighted by atomic mass is 16.7. The maximum Gasteiger partial charge on any atom is 0.242 e. The summed E-state index contributed by atoms with van der Waals surface area (Å²) in [7, 11) is 1.31. The molecule has 17 heteroatoms. The number of aliphatic hydroxyl groups is 2. The second-order valence-corrected chi connectivity index (χ2v) is 14.1. The zero-order valence-electron chi connectivity index (χ0n) is 30.4. The van der Waals surface area contributed by atoms with E-state index in [0.717, 1.165) is 6.92 Å². The van der Waals surface area contributed by atoms with Gasteiger partial charge in [0.05, 0.1) is 48.1 Å². The predicted molar refractivity (Wildman–Crippen MR) is 191 cm³/mol. The second-order valence-electron chi connectivity index (χ2n) is 14.1. The van der Waals surface area contributed by atoms with Gasteiger partial charge in [0, 0.05) is 36.0 Å². The second kappa shape index (κ2) is 16.5. The number of hydrogen-bond acceptors (Lipinski definition) is 15. The quantitative estimate of drug-likeness (QED) is 0.0739. The van der Waals surface area contributed by atoms with Gasteiger partial charge in [0.15, 0.2) is 17.9 Å². The Balaban J connectivity index is 1.47. The number of ether oxygens (including phenoxy) is 3. The number of carbonyl (C=O) groups excluding carboxylic acids is 5. The van der Waals surface area contributed by atoms with Crippen molar-refractivity contribution in [3.8, 4) is 17.2 Å². The van der Waals surface area contributed by atoms with Crippen molar-refractivity contribution in [3.63, 3.8) is 0 Å². The van der Waals surface area contributed by atoms with E-state index in [1.165, 1.54) is 32.2 Å². The van der Waals surface area contributed by atoms with E-state index in [1.54, 1.807) is 0 Å². The molecule has 0 unspecified atom stereocenters. The molecular formula is C37H49N5O12. The monoisotopic (exact) mass is 755 g/mol. The highest BCUT2D eigenvalue weighted by Gasteiger charge is 2.50. The van der Waals surface area contributed by atoms with Crippen molar-refractivity contribution in [3.05, 3.63) is 51.6 Å². The van der Waals surface area contributed by atoms with Crippen molar-refractivity contribution < 1.29 is 58.6 Å². The third kappa shape index (κ3) is 7.70. The number of nitrogens with one attached hydrogen (secondary N) is 2.